The molecular formula is C17H21ClN2O4. The van der Waals surface area contributed by atoms with Crippen molar-refractivity contribution in [3.8, 4) is 0 Å². The zero-order chi connectivity index (χ0) is 17.9. The lowest BCUT2D eigenvalue weighted by molar-refractivity contribution is -0.138. The van der Waals surface area contributed by atoms with Crippen LogP contribution in [0.4, 0.5) is 5.69 Å². The fourth-order valence-corrected chi connectivity index (χ4v) is 2.91. The number of nitrogens with zero attached hydrogens (tertiary/aromatic N) is 1. The number of hydrogen-bond donors (Lipinski definition) is 2. The summed E-state index contributed by atoms with van der Waals surface area (Å²) in [6, 6.07) is 6.95. The molecule has 0 bridgehead atoms. The molecule has 1 aromatic carbocycles. The predicted octanol–water partition coefficient (Wildman–Crippen LogP) is 2.45. The van der Waals surface area contributed by atoms with Gasteiger partial charge in [0.2, 0.25) is 11.8 Å². The molecule has 6 nitrogen and oxygen atoms in total. The molecule has 1 saturated heterocycles. The first-order chi connectivity index (χ1) is 11.2. The van der Waals surface area contributed by atoms with E-state index in [4.69, 9.17) is 16.7 Å². The quantitative estimate of drug-likeness (QED) is 0.770. The zero-order valence-corrected chi connectivity index (χ0v) is 14.5. The minimum absolute atomic E-state index is 0.0411. The van der Waals surface area contributed by atoms with Crippen LogP contribution in [0.25, 0.3) is 0 Å². The van der Waals surface area contributed by atoms with E-state index in [1.807, 2.05) is 0 Å². The number of carbonyl (C=O) groups is 3. The van der Waals surface area contributed by atoms with Crippen LogP contribution >= 0.6 is 11.6 Å². The fraction of sp³-hybridized carbons (Fsp3) is 0.471. The first kappa shape index (κ1) is 18.3. The summed E-state index contributed by atoms with van der Waals surface area (Å²) in [5.74, 6) is -2.29. The molecule has 1 fully saturated rings. The number of anilines is 1. The lowest BCUT2D eigenvalue weighted by Gasteiger charge is -2.27. The molecule has 1 aliphatic heterocycles. The third-order valence-corrected chi connectivity index (χ3v) is 4.30. The van der Waals surface area contributed by atoms with Crippen LogP contribution in [-0.4, -0.2) is 35.0 Å². The highest BCUT2D eigenvalue weighted by molar-refractivity contribution is 6.31. The van der Waals surface area contributed by atoms with Crippen molar-refractivity contribution in [2.24, 2.45) is 5.92 Å². The maximum Gasteiger partial charge on any atom is 0.303 e. The average molecular weight is 353 g/mol. The average Bonchev–Trinajstić information content (AvgIpc) is 2.87. The highest BCUT2D eigenvalue weighted by Crippen LogP contribution is 2.28. The maximum atomic E-state index is 12.5. The van der Waals surface area contributed by atoms with Crippen LogP contribution in [-0.2, 0) is 14.4 Å². The van der Waals surface area contributed by atoms with Crippen molar-refractivity contribution in [1.29, 1.82) is 0 Å². The molecule has 1 atom stereocenters. The standard InChI is InChI=1S/C17H21ClN2O4/c1-17(2,8-6-14(21)22)19-15(23)13-7-9-20(16(13)24)12-5-3-4-11(18)10-12/h3-5,10,13H,6-9H2,1-2H3,(H,19,23)(H,21,22). The normalized spacial score (nSPS) is 17.9. The van der Waals surface area contributed by atoms with Gasteiger partial charge < -0.3 is 15.3 Å². The van der Waals surface area contributed by atoms with Crippen LogP contribution in [0, 0.1) is 5.92 Å². The van der Waals surface area contributed by atoms with Crippen LogP contribution in [0.1, 0.15) is 33.1 Å². The molecule has 1 aromatic rings. The Labute approximate surface area is 145 Å². The summed E-state index contributed by atoms with van der Waals surface area (Å²) in [7, 11) is 0. The van der Waals surface area contributed by atoms with Gasteiger partial charge in [0.05, 0.1) is 0 Å². The number of nitrogens with one attached hydrogen (secondary N) is 1. The van der Waals surface area contributed by atoms with Crippen LogP contribution in [0.15, 0.2) is 24.3 Å². The molecule has 24 heavy (non-hydrogen) atoms. The van der Waals surface area contributed by atoms with Crippen molar-refractivity contribution in [2.75, 3.05) is 11.4 Å². The Morgan fingerprint density at radius 1 is 1.42 bits per heavy atom. The van der Waals surface area contributed by atoms with Crippen molar-refractivity contribution in [2.45, 2.75) is 38.6 Å². The predicted molar refractivity (Wildman–Crippen MR) is 91.0 cm³/mol. The molecule has 0 saturated carbocycles. The van der Waals surface area contributed by atoms with E-state index in [2.05, 4.69) is 5.32 Å². The van der Waals surface area contributed by atoms with Gasteiger partial charge in [-0.15, -0.1) is 0 Å². The number of rotatable bonds is 6. The van der Waals surface area contributed by atoms with Crippen molar-refractivity contribution >= 4 is 35.1 Å². The second kappa shape index (κ2) is 7.21. The van der Waals surface area contributed by atoms with Crippen molar-refractivity contribution in [1.82, 2.24) is 5.32 Å². The summed E-state index contributed by atoms with van der Waals surface area (Å²) < 4.78 is 0. The SMILES string of the molecule is CC(C)(CCC(=O)O)NC(=O)C1CCN(c2cccc(Cl)c2)C1=O. The van der Waals surface area contributed by atoms with Crippen molar-refractivity contribution in [3.63, 3.8) is 0 Å². The summed E-state index contributed by atoms with van der Waals surface area (Å²) in [5, 5.41) is 12.1. The third-order valence-electron chi connectivity index (χ3n) is 4.07. The van der Waals surface area contributed by atoms with Gasteiger partial charge in [0, 0.05) is 29.2 Å². The monoisotopic (exact) mass is 352 g/mol. The second-order valence-electron chi connectivity index (χ2n) is 6.58. The third kappa shape index (κ3) is 4.47. The molecule has 2 amide bonds. The molecule has 0 radical (unpaired) electrons. The summed E-state index contributed by atoms with van der Waals surface area (Å²) in [6.45, 7) is 3.96. The van der Waals surface area contributed by atoms with E-state index >= 15 is 0 Å². The van der Waals surface area contributed by atoms with Gasteiger partial charge >= 0.3 is 5.97 Å². The number of aliphatic carboxylic acids is 1. The molecule has 0 aliphatic carbocycles. The van der Waals surface area contributed by atoms with Gasteiger partial charge in [-0.3, -0.25) is 14.4 Å². The first-order valence-electron chi connectivity index (χ1n) is 7.80. The molecular weight excluding hydrogens is 332 g/mol. The van der Waals surface area contributed by atoms with Gasteiger partial charge in [-0.25, -0.2) is 0 Å². The van der Waals surface area contributed by atoms with E-state index in [1.165, 1.54) is 0 Å². The number of carboxylic acids is 1. The minimum atomic E-state index is -0.915. The number of benzene rings is 1. The van der Waals surface area contributed by atoms with E-state index in [9.17, 15) is 14.4 Å². The molecule has 1 heterocycles. The summed E-state index contributed by atoms with van der Waals surface area (Å²) >= 11 is 5.95. The number of hydrogen-bond acceptors (Lipinski definition) is 3. The largest absolute Gasteiger partial charge is 0.481 e. The molecule has 130 valence electrons. The van der Waals surface area contributed by atoms with Gasteiger partial charge in [0.25, 0.3) is 0 Å². The number of amides is 2. The highest BCUT2D eigenvalue weighted by Gasteiger charge is 2.39. The van der Waals surface area contributed by atoms with Gasteiger partial charge in [0.15, 0.2) is 0 Å². The highest BCUT2D eigenvalue weighted by atomic mass is 35.5. The molecule has 2 N–H and O–H groups in total. The number of carboxylic acid groups (broad SMARTS) is 1. The van der Waals surface area contributed by atoms with Crippen molar-refractivity contribution in [3.05, 3.63) is 29.3 Å². The van der Waals surface area contributed by atoms with Crippen LogP contribution in [0.3, 0.4) is 0 Å². The summed E-state index contributed by atoms with van der Waals surface area (Å²) in [4.78, 5) is 37.2. The molecule has 1 unspecified atom stereocenters. The number of halogens is 1. The van der Waals surface area contributed by atoms with E-state index in [0.29, 0.717) is 30.1 Å². The van der Waals surface area contributed by atoms with E-state index in [0.717, 1.165) is 0 Å². The smallest absolute Gasteiger partial charge is 0.303 e. The molecule has 2 rings (SSSR count). The maximum absolute atomic E-state index is 12.5. The zero-order valence-electron chi connectivity index (χ0n) is 13.7. The summed E-state index contributed by atoms with van der Waals surface area (Å²) in [6.07, 6.45) is 0.680. The van der Waals surface area contributed by atoms with Crippen molar-refractivity contribution < 1.29 is 19.5 Å². The Hall–Kier alpha value is -2.08. The van der Waals surface area contributed by atoms with Crippen LogP contribution in [0.2, 0.25) is 5.02 Å². The van der Waals surface area contributed by atoms with Gasteiger partial charge in [-0.2, -0.15) is 0 Å². The van der Waals surface area contributed by atoms with Crippen LogP contribution in [0.5, 0.6) is 0 Å². The fourth-order valence-electron chi connectivity index (χ4n) is 2.73. The van der Waals surface area contributed by atoms with Gasteiger partial charge in [-0.05, 0) is 44.9 Å². The molecule has 0 aromatic heterocycles. The molecule has 0 spiro atoms. The topological polar surface area (TPSA) is 86.7 Å². The Balaban J connectivity index is 2.01. The Morgan fingerprint density at radius 2 is 2.12 bits per heavy atom. The number of carbonyl (C=O) groups excluding carboxylic acids is 2. The summed E-state index contributed by atoms with van der Waals surface area (Å²) in [5.41, 5.74) is -0.00730. The van der Waals surface area contributed by atoms with E-state index < -0.39 is 17.4 Å². The van der Waals surface area contributed by atoms with E-state index in [1.54, 1.807) is 43.0 Å². The molecule has 7 heteroatoms. The van der Waals surface area contributed by atoms with Gasteiger partial charge in [-0.1, -0.05) is 17.7 Å². The minimum Gasteiger partial charge on any atom is -0.481 e. The Morgan fingerprint density at radius 3 is 2.75 bits per heavy atom. The second-order valence-corrected chi connectivity index (χ2v) is 7.01. The molecule has 1 aliphatic rings. The lowest BCUT2D eigenvalue weighted by atomic mass is 9.96. The lowest BCUT2D eigenvalue weighted by Crippen LogP contribution is -2.48. The Kier molecular flexibility index (Phi) is 5.49. The first-order valence-corrected chi connectivity index (χ1v) is 8.18. The van der Waals surface area contributed by atoms with Crippen LogP contribution < -0.4 is 10.2 Å². The van der Waals surface area contributed by atoms with E-state index in [-0.39, 0.29) is 18.2 Å². The van der Waals surface area contributed by atoms with Gasteiger partial charge in [0.1, 0.15) is 5.92 Å². The Bertz CT molecular complexity index is 660.